The molecule has 0 saturated carbocycles. The molecule has 11 heavy (non-hydrogen) atoms. The molecule has 0 bridgehead atoms. The molecule has 0 N–H and O–H groups in total. The fourth-order valence-electron chi connectivity index (χ4n) is 1.07. The van der Waals surface area contributed by atoms with Crippen LogP contribution < -0.4 is 10.6 Å². The van der Waals surface area contributed by atoms with Gasteiger partial charge in [0.15, 0.2) is 0 Å². The van der Waals surface area contributed by atoms with Crippen molar-refractivity contribution in [2.75, 3.05) is 0 Å². The summed E-state index contributed by atoms with van der Waals surface area (Å²) < 4.78 is 0. The van der Waals surface area contributed by atoms with Crippen molar-refractivity contribution in [2.24, 2.45) is 0 Å². The molecule has 54 valence electrons. The van der Waals surface area contributed by atoms with E-state index in [1.165, 1.54) is 0 Å². The van der Waals surface area contributed by atoms with Crippen molar-refractivity contribution in [2.45, 2.75) is 6.42 Å². The van der Waals surface area contributed by atoms with Gasteiger partial charge in [0, 0.05) is 13.1 Å². The van der Waals surface area contributed by atoms with Crippen molar-refractivity contribution in [3.8, 4) is 0 Å². The second-order valence-electron chi connectivity index (χ2n) is 2.43. The predicted molar refractivity (Wildman–Crippen MR) is 41.2 cm³/mol. The molecule has 2 aliphatic heterocycles. The minimum atomic E-state index is 0.847. The minimum absolute atomic E-state index is 0.847. The van der Waals surface area contributed by atoms with E-state index in [4.69, 9.17) is 0 Å². The summed E-state index contributed by atoms with van der Waals surface area (Å²) in [4.78, 5) is 0. The van der Waals surface area contributed by atoms with Gasteiger partial charge in [-0.05, 0) is 32.1 Å². The highest BCUT2D eigenvalue weighted by molar-refractivity contribution is 5.30. The Morgan fingerprint density at radius 1 is 0.909 bits per heavy atom. The summed E-state index contributed by atoms with van der Waals surface area (Å²) >= 11 is 0. The van der Waals surface area contributed by atoms with Crippen molar-refractivity contribution >= 4 is 0 Å². The topological polar surface area (TPSA) is 28.2 Å². The molecule has 0 atom stereocenters. The molecule has 2 aliphatic rings. The van der Waals surface area contributed by atoms with Crippen LogP contribution in [0.2, 0.25) is 0 Å². The third-order valence-electron chi connectivity index (χ3n) is 1.59. The Morgan fingerprint density at radius 2 is 1.45 bits per heavy atom. The summed E-state index contributed by atoms with van der Waals surface area (Å²) in [5.74, 6) is 0. The molecule has 0 spiro atoms. The summed E-state index contributed by atoms with van der Waals surface area (Å²) in [6.07, 6.45) is 8.75. The maximum atomic E-state index is 4.15. The fourth-order valence-corrected chi connectivity index (χ4v) is 1.07. The van der Waals surface area contributed by atoms with Crippen LogP contribution in [0.15, 0.2) is 0 Å². The number of hydrogen-bond acceptors (Lipinski definition) is 0. The molecule has 0 aromatic heterocycles. The summed E-state index contributed by atoms with van der Waals surface area (Å²) in [6, 6.07) is 2.17. The first-order valence-corrected chi connectivity index (χ1v) is 3.58. The van der Waals surface area contributed by atoms with Gasteiger partial charge in [0.25, 0.3) is 0 Å². The lowest BCUT2D eigenvalue weighted by atomic mass is 10.0. The Labute approximate surface area is 68.7 Å². The monoisotopic (exact) mass is 144 g/mol. The molecule has 0 unspecified atom stereocenters. The van der Waals surface area contributed by atoms with Gasteiger partial charge in [-0.2, -0.15) is 0 Å². The lowest BCUT2D eigenvalue weighted by Crippen LogP contribution is -2.11. The third-order valence-corrected chi connectivity index (χ3v) is 1.59. The molecule has 2 saturated heterocycles. The zero-order valence-electron chi connectivity index (χ0n) is 6.07. The van der Waals surface area contributed by atoms with Gasteiger partial charge in [-0.15, -0.1) is 0 Å². The van der Waals surface area contributed by atoms with Crippen LogP contribution >= 0.6 is 0 Å². The predicted octanol–water partition coefficient (Wildman–Crippen LogP) is 0.817. The van der Waals surface area contributed by atoms with Gasteiger partial charge in [-0.1, -0.05) is 0 Å². The highest BCUT2D eigenvalue weighted by Gasteiger charge is 2.25. The van der Waals surface area contributed by atoms with Gasteiger partial charge < -0.3 is 0 Å². The standard InChI is InChI=1S/C9H8N2/c1-3-8(10-5-1)7-9-4-2-6-11-9/h1-6H,7H2. The Morgan fingerprint density at radius 3 is 1.82 bits per heavy atom. The van der Waals surface area contributed by atoms with E-state index in [0.29, 0.717) is 0 Å². The molecular formula is C9H8N2. The molecule has 0 aliphatic carbocycles. The van der Waals surface area contributed by atoms with Gasteiger partial charge >= 0.3 is 0 Å². The lowest BCUT2D eigenvalue weighted by Gasteiger charge is -2.10. The number of nitrogens with zero attached hydrogens (tertiary/aromatic N) is 2. The van der Waals surface area contributed by atoms with E-state index in [9.17, 15) is 0 Å². The van der Waals surface area contributed by atoms with Crippen molar-refractivity contribution < 1.29 is 0 Å². The van der Waals surface area contributed by atoms with E-state index in [1.807, 2.05) is 25.7 Å². The largest absolute Gasteiger partial charge is 0.227 e. The Hall–Kier alpha value is -0.0800. The van der Waals surface area contributed by atoms with E-state index in [0.717, 1.165) is 18.5 Å². The van der Waals surface area contributed by atoms with Crippen LogP contribution in [-0.2, 0) is 0 Å². The van der Waals surface area contributed by atoms with E-state index in [1.54, 1.807) is 13.1 Å². The summed E-state index contributed by atoms with van der Waals surface area (Å²) in [6.45, 7) is 3.61. The van der Waals surface area contributed by atoms with Gasteiger partial charge in [0.05, 0.1) is 12.1 Å². The van der Waals surface area contributed by atoms with Crippen LogP contribution in [0.5, 0.6) is 0 Å². The second-order valence-corrected chi connectivity index (χ2v) is 2.43. The maximum Gasteiger partial charge on any atom is 0.0615 e. The average molecular weight is 144 g/mol. The van der Waals surface area contributed by atoms with Gasteiger partial charge in [-0.25, -0.2) is 10.6 Å². The van der Waals surface area contributed by atoms with Gasteiger partial charge in [-0.3, -0.25) is 0 Å². The first-order valence-electron chi connectivity index (χ1n) is 3.58. The molecule has 0 aromatic carbocycles. The quantitative estimate of drug-likeness (QED) is 0.549. The van der Waals surface area contributed by atoms with Crippen molar-refractivity contribution in [1.82, 2.24) is 10.6 Å². The fraction of sp³-hybridized carbons (Fsp3) is 0.111. The second kappa shape index (κ2) is 3.55. The SMILES string of the molecule is [CH]1[CH][N][C](C[C]2[CH][CH][CH][N]2)[CH]1. The van der Waals surface area contributed by atoms with Crippen LogP contribution in [0.1, 0.15) is 6.42 Å². The molecule has 2 rings (SSSR count). The average Bonchev–Trinajstić information content (AvgIpc) is 2.60. The number of rotatable bonds is 2. The first kappa shape index (κ1) is 7.56. The number of hydrogen-bond donors (Lipinski definition) is 0. The molecule has 2 heteroatoms. The molecule has 2 nitrogen and oxygen atoms in total. The minimum Gasteiger partial charge on any atom is -0.227 e. The Kier molecular flexibility index (Phi) is 2.44. The molecule has 10 radical (unpaired) electrons. The van der Waals surface area contributed by atoms with E-state index >= 15 is 0 Å². The summed E-state index contributed by atoms with van der Waals surface area (Å²) in [5.41, 5.74) is 0. The van der Waals surface area contributed by atoms with Crippen LogP contribution in [-0.4, -0.2) is 0 Å². The van der Waals surface area contributed by atoms with Crippen molar-refractivity contribution in [1.29, 1.82) is 0 Å². The van der Waals surface area contributed by atoms with Crippen LogP contribution in [0.25, 0.3) is 0 Å². The van der Waals surface area contributed by atoms with E-state index in [-0.39, 0.29) is 0 Å². The molecule has 0 amide bonds. The highest BCUT2D eigenvalue weighted by Crippen LogP contribution is 2.28. The highest BCUT2D eigenvalue weighted by atomic mass is 15.0. The van der Waals surface area contributed by atoms with Crippen molar-refractivity contribution in [3.05, 3.63) is 50.9 Å². The van der Waals surface area contributed by atoms with Gasteiger partial charge in [0.1, 0.15) is 0 Å². The lowest BCUT2D eigenvalue weighted by molar-refractivity contribution is 0.729. The van der Waals surface area contributed by atoms with E-state index in [2.05, 4.69) is 10.6 Å². The van der Waals surface area contributed by atoms with E-state index < -0.39 is 0 Å². The van der Waals surface area contributed by atoms with Crippen LogP contribution in [0, 0.1) is 50.9 Å². The molecular weight excluding hydrogens is 136 g/mol. The molecule has 2 heterocycles. The first-order chi connectivity index (χ1) is 5.45. The third kappa shape index (κ3) is 1.94. The van der Waals surface area contributed by atoms with Crippen LogP contribution in [0.4, 0.5) is 0 Å². The molecule has 0 aromatic rings. The Balaban J connectivity index is 1.71. The normalized spacial score (nSPS) is 28.4. The maximum absolute atomic E-state index is 4.15. The Bertz CT molecular complexity index is 98.7. The summed E-state index contributed by atoms with van der Waals surface area (Å²) in [5, 5.41) is 8.30. The van der Waals surface area contributed by atoms with Gasteiger partial charge in [0.2, 0.25) is 0 Å². The summed E-state index contributed by atoms with van der Waals surface area (Å²) in [7, 11) is 0. The van der Waals surface area contributed by atoms with Crippen LogP contribution in [0.3, 0.4) is 0 Å². The smallest absolute Gasteiger partial charge is 0.0615 e. The zero-order chi connectivity index (χ0) is 7.52. The van der Waals surface area contributed by atoms with Crippen molar-refractivity contribution in [3.63, 3.8) is 0 Å². The zero-order valence-corrected chi connectivity index (χ0v) is 6.07. The molecule has 2 fully saturated rings.